The van der Waals surface area contributed by atoms with Gasteiger partial charge in [0, 0.05) is 25.0 Å². The van der Waals surface area contributed by atoms with Gasteiger partial charge in [0.15, 0.2) is 0 Å². The first kappa shape index (κ1) is 18.3. The van der Waals surface area contributed by atoms with Crippen molar-refractivity contribution in [2.75, 3.05) is 20.2 Å². The lowest BCUT2D eigenvalue weighted by Gasteiger charge is -2.36. The Morgan fingerprint density at radius 3 is 2.50 bits per heavy atom. The predicted octanol–water partition coefficient (Wildman–Crippen LogP) is 3.02. The van der Waals surface area contributed by atoms with Crippen molar-refractivity contribution in [3.05, 3.63) is 35.9 Å². The first-order valence-corrected chi connectivity index (χ1v) is 8.62. The molecule has 5 heteroatoms. The summed E-state index contributed by atoms with van der Waals surface area (Å²) in [5.74, 6) is 0.0623. The number of urea groups is 1. The van der Waals surface area contributed by atoms with Crippen molar-refractivity contribution in [2.24, 2.45) is 11.8 Å². The quantitative estimate of drug-likeness (QED) is 0.862. The zero-order valence-corrected chi connectivity index (χ0v) is 15.0. The number of esters is 1. The molecule has 0 saturated carbocycles. The van der Waals surface area contributed by atoms with Crippen LogP contribution < -0.4 is 5.32 Å². The molecule has 0 spiro atoms. The second-order valence-corrected chi connectivity index (χ2v) is 6.78. The van der Waals surface area contributed by atoms with Crippen molar-refractivity contribution in [3.63, 3.8) is 0 Å². The highest BCUT2D eigenvalue weighted by atomic mass is 16.5. The van der Waals surface area contributed by atoms with Gasteiger partial charge in [-0.2, -0.15) is 0 Å². The molecule has 1 aliphatic heterocycles. The van der Waals surface area contributed by atoms with Crippen LogP contribution in [0.5, 0.6) is 0 Å². The number of nitrogens with zero attached hydrogens (tertiary/aromatic N) is 1. The van der Waals surface area contributed by atoms with E-state index in [1.807, 2.05) is 32.0 Å². The van der Waals surface area contributed by atoms with E-state index in [2.05, 4.69) is 24.4 Å². The summed E-state index contributed by atoms with van der Waals surface area (Å²) in [6.07, 6.45) is 0.657. The molecule has 1 N–H and O–H groups in total. The smallest absolute Gasteiger partial charge is 0.317 e. The molecule has 24 heavy (non-hydrogen) atoms. The zero-order valence-electron chi connectivity index (χ0n) is 15.0. The van der Waals surface area contributed by atoms with Gasteiger partial charge < -0.3 is 15.0 Å². The van der Waals surface area contributed by atoms with Crippen LogP contribution in [-0.4, -0.2) is 43.1 Å². The van der Waals surface area contributed by atoms with E-state index in [9.17, 15) is 9.59 Å². The van der Waals surface area contributed by atoms with Crippen molar-refractivity contribution in [2.45, 2.75) is 39.2 Å². The Balaban J connectivity index is 1.90. The molecule has 1 heterocycles. The Bertz CT molecular complexity index is 561. The van der Waals surface area contributed by atoms with Gasteiger partial charge in [-0.05, 0) is 24.8 Å². The van der Waals surface area contributed by atoms with E-state index in [0.29, 0.717) is 19.5 Å². The molecular weight excluding hydrogens is 304 g/mol. The number of ether oxygens (including phenoxy) is 1. The van der Waals surface area contributed by atoms with Gasteiger partial charge in [-0.25, -0.2) is 4.79 Å². The SMILES string of the molecule is COC(=O)C1CCN(C(=O)NC(C)C(C)c2ccccc2)CC1C. The normalized spacial score (nSPS) is 23.2. The minimum atomic E-state index is -0.173. The fourth-order valence-electron chi connectivity index (χ4n) is 3.29. The number of hydrogen-bond acceptors (Lipinski definition) is 3. The molecule has 5 nitrogen and oxygen atoms in total. The van der Waals surface area contributed by atoms with E-state index < -0.39 is 0 Å². The average molecular weight is 332 g/mol. The van der Waals surface area contributed by atoms with Gasteiger partial charge in [0.25, 0.3) is 0 Å². The number of carbonyl (C=O) groups excluding carboxylic acids is 2. The fourth-order valence-corrected chi connectivity index (χ4v) is 3.29. The number of hydrogen-bond donors (Lipinski definition) is 1. The van der Waals surface area contributed by atoms with Gasteiger partial charge in [0.1, 0.15) is 0 Å². The van der Waals surface area contributed by atoms with Crippen molar-refractivity contribution < 1.29 is 14.3 Å². The Kier molecular flexibility index (Phi) is 6.23. The van der Waals surface area contributed by atoms with Crippen LogP contribution in [0.1, 0.15) is 38.7 Å². The number of amides is 2. The summed E-state index contributed by atoms with van der Waals surface area (Å²) >= 11 is 0. The summed E-state index contributed by atoms with van der Waals surface area (Å²) in [7, 11) is 1.42. The summed E-state index contributed by atoms with van der Waals surface area (Å²) < 4.78 is 4.84. The number of carbonyl (C=O) groups is 2. The minimum absolute atomic E-state index is 0.0357. The third-order valence-electron chi connectivity index (χ3n) is 5.12. The van der Waals surface area contributed by atoms with E-state index in [1.165, 1.54) is 12.7 Å². The molecule has 2 rings (SSSR count). The van der Waals surface area contributed by atoms with Crippen molar-refractivity contribution >= 4 is 12.0 Å². The summed E-state index contributed by atoms with van der Waals surface area (Å²) in [6.45, 7) is 7.31. The Morgan fingerprint density at radius 1 is 1.25 bits per heavy atom. The molecule has 4 unspecified atom stereocenters. The predicted molar refractivity (Wildman–Crippen MR) is 93.7 cm³/mol. The minimum Gasteiger partial charge on any atom is -0.469 e. The van der Waals surface area contributed by atoms with Crippen molar-refractivity contribution in [1.29, 1.82) is 0 Å². The van der Waals surface area contributed by atoms with Gasteiger partial charge in [-0.15, -0.1) is 0 Å². The summed E-state index contributed by atoms with van der Waals surface area (Å²) in [6, 6.07) is 10.2. The standard InChI is InChI=1S/C19H28N2O3/c1-13-12-21(11-10-17(13)18(22)24-4)19(23)20-15(3)14(2)16-8-6-5-7-9-16/h5-9,13-15,17H,10-12H2,1-4H3,(H,20,23). The van der Waals surface area contributed by atoms with Crippen LogP contribution in [0.4, 0.5) is 4.79 Å². The molecule has 1 aliphatic rings. The average Bonchev–Trinajstić information content (AvgIpc) is 2.60. The number of likely N-dealkylation sites (tertiary alicyclic amines) is 1. The number of benzene rings is 1. The number of nitrogens with one attached hydrogen (secondary N) is 1. The molecule has 0 radical (unpaired) electrons. The highest BCUT2D eigenvalue weighted by molar-refractivity contribution is 5.76. The van der Waals surface area contributed by atoms with E-state index in [1.54, 1.807) is 4.90 Å². The van der Waals surface area contributed by atoms with Gasteiger partial charge in [-0.3, -0.25) is 4.79 Å². The lowest BCUT2D eigenvalue weighted by atomic mass is 9.87. The topological polar surface area (TPSA) is 58.6 Å². The number of piperidine rings is 1. The van der Waals surface area contributed by atoms with Crippen LogP contribution in [0.25, 0.3) is 0 Å². The van der Waals surface area contributed by atoms with E-state index in [0.717, 1.165) is 0 Å². The van der Waals surface area contributed by atoms with Crippen molar-refractivity contribution in [3.8, 4) is 0 Å². The van der Waals surface area contributed by atoms with Crippen LogP contribution in [0.15, 0.2) is 30.3 Å². The molecule has 0 bridgehead atoms. The fraction of sp³-hybridized carbons (Fsp3) is 0.579. The molecule has 1 aromatic rings. The largest absolute Gasteiger partial charge is 0.469 e. The summed E-state index contributed by atoms with van der Waals surface area (Å²) in [4.78, 5) is 26.1. The van der Waals surface area contributed by atoms with Crippen LogP contribution in [-0.2, 0) is 9.53 Å². The summed E-state index contributed by atoms with van der Waals surface area (Å²) in [5, 5.41) is 3.10. The van der Waals surface area contributed by atoms with Gasteiger partial charge in [0.2, 0.25) is 0 Å². The van der Waals surface area contributed by atoms with Gasteiger partial charge in [0.05, 0.1) is 13.0 Å². The summed E-state index contributed by atoms with van der Waals surface area (Å²) in [5.41, 5.74) is 1.21. The van der Waals surface area contributed by atoms with Crippen LogP contribution in [0.3, 0.4) is 0 Å². The van der Waals surface area contributed by atoms with E-state index in [-0.39, 0.29) is 35.8 Å². The molecular formula is C19H28N2O3. The highest BCUT2D eigenvalue weighted by Gasteiger charge is 2.34. The van der Waals surface area contributed by atoms with E-state index in [4.69, 9.17) is 4.74 Å². The Morgan fingerprint density at radius 2 is 1.92 bits per heavy atom. The van der Waals surface area contributed by atoms with Gasteiger partial charge in [-0.1, -0.05) is 44.2 Å². The molecule has 4 atom stereocenters. The Hall–Kier alpha value is -2.04. The highest BCUT2D eigenvalue weighted by Crippen LogP contribution is 2.25. The third kappa shape index (κ3) is 4.28. The first-order chi connectivity index (χ1) is 11.4. The third-order valence-corrected chi connectivity index (χ3v) is 5.12. The molecule has 0 aromatic heterocycles. The second-order valence-electron chi connectivity index (χ2n) is 6.78. The number of methoxy groups -OCH3 is 1. The lowest BCUT2D eigenvalue weighted by molar-refractivity contribution is -0.148. The first-order valence-electron chi connectivity index (χ1n) is 8.62. The van der Waals surface area contributed by atoms with Crippen LogP contribution >= 0.6 is 0 Å². The number of rotatable bonds is 4. The molecule has 132 valence electrons. The zero-order chi connectivity index (χ0) is 17.7. The maximum atomic E-state index is 12.5. The lowest BCUT2D eigenvalue weighted by Crippen LogP contribution is -2.51. The molecule has 1 saturated heterocycles. The van der Waals surface area contributed by atoms with E-state index >= 15 is 0 Å². The molecule has 1 aromatic carbocycles. The second kappa shape index (κ2) is 8.18. The van der Waals surface area contributed by atoms with Crippen LogP contribution in [0.2, 0.25) is 0 Å². The van der Waals surface area contributed by atoms with Gasteiger partial charge >= 0.3 is 12.0 Å². The molecule has 0 aliphatic carbocycles. The maximum Gasteiger partial charge on any atom is 0.317 e. The molecule has 2 amide bonds. The molecule has 1 fully saturated rings. The van der Waals surface area contributed by atoms with Crippen LogP contribution in [0, 0.1) is 11.8 Å². The van der Waals surface area contributed by atoms with Crippen molar-refractivity contribution in [1.82, 2.24) is 10.2 Å². The maximum absolute atomic E-state index is 12.5. The Labute approximate surface area is 144 Å². The monoisotopic (exact) mass is 332 g/mol.